The number of amides is 2. The molecule has 0 spiro atoms. The predicted molar refractivity (Wildman–Crippen MR) is 221 cm³/mol. The van der Waals surface area contributed by atoms with E-state index in [0.717, 1.165) is 51.6 Å². The van der Waals surface area contributed by atoms with Crippen molar-refractivity contribution in [3.63, 3.8) is 0 Å². The number of rotatable bonds is 36. The molecule has 2 atom stereocenters. The highest BCUT2D eigenvalue weighted by Gasteiger charge is 2.22. The Balaban J connectivity index is 2.72. The Morgan fingerprint density at radius 1 is 0.481 bits per heavy atom. The molecular weight excluding hydrogens is 649 g/mol. The Labute approximate surface area is 320 Å². The third kappa shape index (κ3) is 27.3. The molecule has 0 radical (unpaired) electrons. The van der Waals surface area contributed by atoms with Crippen molar-refractivity contribution in [2.45, 2.75) is 180 Å². The molecule has 0 aliphatic rings. The molecule has 0 fully saturated rings. The third-order valence-corrected chi connectivity index (χ3v) is 9.77. The second-order valence-electron chi connectivity index (χ2n) is 15.5. The Morgan fingerprint density at radius 3 is 1.06 bits per heavy atom. The Bertz CT molecular complexity index is 894. The first-order valence-corrected chi connectivity index (χ1v) is 21.5. The summed E-state index contributed by atoms with van der Waals surface area (Å²) in [6.07, 6.45) is 27.3. The van der Waals surface area contributed by atoms with Crippen molar-refractivity contribution in [2.75, 3.05) is 54.4 Å². The highest BCUT2D eigenvalue weighted by atomic mass is 16.5. The van der Waals surface area contributed by atoms with Gasteiger partial charge in [0, 0.05) is 13.1 Å². The number of nitrogens with zero attached hydrogens (tertiary/aromatic N) is 2. The molecule has 0 heterocycles. The van der Waals surface area contributed by atoms with Crippen LogP contribution in [-0.2, 0) is 9.59 Å². The summed E-state index contributed by atoms with van der Waals surface area (Å²) < 4.78 is 12.6. The zero-order valence-electron chi connectivity index (χ0n) is 34.8. The summed E-state index contributed by atoms with van der Waals surface area (Å²) in [6.45, 7) is 7.66. The summed E-state index contributed by atoms with van der Waals surface area (Å²) in [5.41, 5.74) is 0. The summed E-state index contributed by atoms with van der Waals surface area (Å²) in [7, 11) is 8.19. The number of unbranched alkanes of at least 4 members (excludes halogenated alkanes) is 18. The Hall–Kier alpha value is -2.32. The summed E-state index contributed by atoms with van der Waals surface area (Å²) >= 11 is 0. The molecule has 52 heavy (non-hydrogen) atoms. The van der Waals surface area contributed by atoms with E-state index in [-0.39, 0.29) is 11.8 Å². The Kier molecular flexibility index (Phi) is 30.5. The molecule has 2 amide bonds. The van der Waals surface area contributed by atoms with Gasteiger partial charge in [0.05, 0.1) is 0 Å². The second kappa shape index (κ2) is 33.3. The lowest BCUT2D eigenvalue weighted by molar-refractivity contribution is -0.129. The third-order valence-electron chi connectivity index (χ3n) is 9.77. The van der Waals surface area contributed by atoms with Gasteiger partial charge in [0.25, 0.3) is 11.8 Å². The van der Waals surface area contributed by atoms with Crippen LogP contribution in [0, 0.1) is 0 Å². The molecule has 0 aliphatic carbocycles. The lowest BCUT2D eigenvalue weighted by atomic mass is 10.0. The van der Waals surface area contributed by atoms with E-state index >= 15 is 0 Å². The summed E-state index contributed by atoms with van der Waals surface area (Å²) in [4.78, 5) is 30.7. The maximum Gasteiger partial charge on any atom is 0.261 e. The number of carbonyl (C=O) groups excluding carboxylic acids is 2. The van der Waals surface area contributed by atoms with Gasteiger partial charge in [-0.1, -0.05) is 129 Å². The summed E-state index contributed by atoms with van der Waals surface area (Å²) in [6, 6.07) is 7.47. The molecule has 2 N–H and O–H groups in total. The lowest BCUT2D eigenvalue weighted by Crippen LogP contribution is -2.39. The topological polar surface area (TPSA) is 83.1 Å². The highest BCUT2D eigenvalue weighted by Crippen LogP contribution is 2.23. The van der Waals surface area contributed by atoms with Gasteiger partial charge in [-0.2, -0.15) is 0 Å². The van der Waals surface area contributed by atoms with Crippen LogP contribution in [-0.4, -0.2) is 88.2 Å². The number of nitrogens with one attached hydrogen (secondary N) is 2. The maximum absolute atomic E-state index is 13.2. The zero-order valence-corrected chi connectivity index (χ0v) is 34.8. The standard InChI is InChI=1S/C44H82N4O4/c1-7-9-11-13-15-17-19-21-23-25-29-41(43(49)45-35-27-37-47(3)4)51-39-31-33-40(34-32-39)52-42(44(50)46-36-28-38-48(5)6)30-26-24-22-20-18-16-14-12-10-8-2/h31-34,41-42H,7-30,35-38H2,1-6H3,(H,45,49)(H,46,50). The van der Waals surface area contributed by atoms with E-state index in [1.165, 1.54) is 103 Å². The van der Waals surface area contributed by atoms with Crippen molar-refractivity contribution >= 4 is 11.8 Å². The van der Waals surface area contributed by atoms with Crippen LogP contribution in [0.15, 0.2) is 24.3 Å². The SMILES string of the molecule is CCCCCCCCCCCCC(Oc1ccc(OC(CCCCCCCCCCCC)C(=O)NCCCN(C)C)cc1)C(=O)NCCCN(C)C. The normalized spacial score (nSPS) is 12.6. The molecule has 0 aromatic heterocycles. The average Bonchev–Trinajstić information content (AvgIpc) is 3.12. The van der Waals surface area contributed by atoms with E-state index in [2.05, 4.69) is 34.3 Å². The summed E-state index contributed by atoms with van der Waals surface area (Å²) in [5, 5.41) is 6.21. The van der Waals surface area contributed by atoms with E-state index in [1.807, 2.05) is 52.5 Å². The molecule has 8 nitrogen and oxygen atoms in total. The zero-order chi connectivity index (χ0) is 38.1. The molecule has 1 rings (SSSR count). The minimum Gasteiger partial charge on any atom is -0.481 e. The van der Waals surface area contributed by atoms with E-state index in [9.17, 15) is 9.59 Å². The quantitative estimate of drug-likeness (QED) is 0.0669. The first-order valence-electron chi connectivity index (χ1n) is 21.5. The monoisotopic (exact) mass is 731 g/mol. The van der Waals surface area contributed by atoms with E-state index in [0.29, 0.717) is 37.4 Å². The van der Waals surface area contributed by atoms with E-state index < -0.39 is 12.2 Å². The molecule has 1 aromatic carbocycles. The van der Waals surface area contributed by atoms with Crippen LogP contribution < -0.4 is 20.1 Å². The lowest BCUT2D eigenvalue weighted by Gasteiger charge is -2.21. The van der Waals surface area contributed by atoms with Gasteiger partial charge in [-0.15, -0.1) is 0 Å². The first kappa shape index (κ1) is 47.7. The fourth-order valence-corrected chi connectivity index (χ4v) is 6.49. The van der Waals surface area contributed by atoms with Gasteiger partial charge in [0.2, 0.25) is 0 Å². The number of hydrogen-bond acceptors (Lipinski definition) is 6. The molecule has 0 bridgehead atoms. The molecule has 2 unspecified atom stereocenters. The van der Waals surface area contributed by atoms with Crippen LogP contribution >= 0.6 is 0 Å². The molecule has 8 heteroatoms. The van der Waals surface area contributed by atoms with Crippen LogP contribution in [0.25, 0.3) is 0 Å². The number of carbonyl (C=O) groups is 2. The fourth-order valence-electron chi connectivity index (χ4n) is 6.49. The van der Waals surface area contributed by atoms with Crippen molar-refractivity contribution in [3.05, 3.63) is 24.3 Å². The van der Waals surface area contributed by atoms with Gasteiger partial charge in [0.1, 0.15) is 11.5 Å². The van der Waals surface area contributed by atoms with Crippen molar-refractivity contribution < 1.29 is 19.1 Å². The minimum atomic E-state index is -0.530. The smallest absolute Gasteiger partial charge is 0.261 e. The van der Waals surface area contributed by atoms with Crippen molar-refractivity contribution in [3.8, 4) is 11.5 Å². The van der Waals surface area contributed by atoms with Crippen LogP contribution in [0.4, 0.5) is 0 Å². The van der Waals surface area contributed by atoms with Gasteiger partial charge in [-0.05, 0) is 104 Å². The summed E-state index contributed by atoms with van der Waals surface area (Å²) in [5.74, 6) is 1.20. The first-order chi connectivity index (χ1) is 25.3. The molecular formula is C44H82N4O4. The molecule has 0 aliphatic heterocycles. The number of ether oxygens (including phenoxy) is 2. The van der Waals surface area contributed by atoms with Gasteiger partial charge in [-0.25, -0.2) is 0 Å². The van der Waals surface area contributed by atoms with Crippen molar-refractivity contribution in [1.29, 1.82) is 0 Å². The van der Waals surface area contributed by atoms with Gasteiger partial charge >= 0.3 is 0 Å². The second-order valence-corrected chi connectivity index (χ2v) is 15.5. The maximum atomic E-state index is 13.2. The van der Waals surface area contributed by atoms with E-state index in [1.54, 1.807) is 0 Å². The number of benzene rings is 1. The van der Waals surface area contributed by atoms with Gasteiger partial charge in [0.15, 0.2) is 12.2 Å². The van der Waals surface area contributed by atoms with Crippen molar-refractivity contribution in [1.82, 2.24) is 20.4 Å². The molecule has 1 aromatic rings. The fraction of sp³-hybridized carbons (Fsp3) is 0.818. The van der Waals surface area contributed by atoms with Crippen LogP contribution in [0.3, 0.4) is 0 Å². The van der Waals surface area contributed by atoms with Crippen LogP contribution in [0.2, 0.25) is 0 Å². The average molecular weight is 731 g/mol. The predicted octanol–water partition coefficient (Wildman–Crippen LogP) is 9.94. The molecule has 0 saturated heterocycles. The Morgan fingerprint density at radius 2 is 0.769 bits per heavy atom. The van der Waals surface area contributed by atoms with Gasteiger partial charge < -0.3 is 29.9 Å². The van der Waals surface area contributed by atoms with Crippen LogP contribution in [0.1, 0.15) is 168 Å². The molecule has 0 saturated carbocycles. The largest absolute Gasteiger partial charge is 0.481 e. The minimum absolute atomic E-state index is 0.0440. The van der Waals surface area contributed by atoms with Gasteiger partial charge in [-0.3, -0.25) is 9.59 Å². The molecule has 302 valence electrons. The van der Waals surface area contributed by atoms with Crippen molar-refractivity contribution in [2.24, 2.45) is 0 Å². The highest BCUT2D eigenvalue weighted by molar-refractivity contribution is 5.81. The van der Waals surface area contributed by atoms with Crippen LogP contribution in [0.5, 0.6) is 11.5 Å². The van der Waals surface area contributed by atoms with E-state index in [4.69, 9.17) is 9.47 Å². The number of hydrogen-bond donors (Lipinski definition) is 2.